The molecule has 1 aromatic carbocycles. The van der Waals surface area contributed by atoms with E-state index in [0.717, 1.165) is 44.9 Å². The third-order valence-electron chi connectivity index (χ3n) is 5.77. The fourth-order valence-electron chi connectivity index (χ4n) is 3.96. The smallest absolute Gasteiger partial charge is 0.227 e. The normalized spacial score (nSPS) is 23.9. The minimum Gasteiger partial charge on any atom is -0.340 e. The van der Waals surface area contributed by atoms with Crippen LogP contribution in [0.25, 0.3) is 0 Å². The lowest BCUT2D eigenvalue weighted by atomic mass is 9.80. The van der Waals surface area contributed by atoms with Crippen molar-refractivity contribution in [3.05, 3.63) is 29.8 Å². The predicted molar refractivity (Wildman–Crippen MR) is 99.1 cm³/mol. The third kappa shape index (κ3) is 4.83. The zero-order valence-electron chi connectivity index (χ0n) is 15.7. The number of carbonyl (C=O) groups excluding carboxylic acids is 2. The van der Waals surface area contributed by atoms with Gasteiger partial charge >= 0.3 is 0 Å². The number of halogens is 2. The predicted octanol–water partition coefficient (Wildman–Crippen LogP) is 2.87. The Morgan fingerprint density at radius 3 is 2.22 bits per heavy atom. The molecular weight excluding hydrogens is 352 g/mol. The number of rotatable bonds is 4. The molecule has 1 aliphatic heterocycles. The van der Waals surface area contributed by atoms with Crippen molar-refractivity contribution in [2.45, 2.75) is 32.6 Å². The van der Waals surface area contributed by atoms with Gasteiger partial charge in [-0.2, -0.15) is 0 Å². The van der Waals surface area contributed by atoms with Gasteiger partial charge in [0.1, 0.15) is 0 Å². The van der Waals surface area contributed by atoms with E-state index in [9.17, 15) is 18.4 Å². The van der Waals surface area contributed by atoms with Crippen LogP contribution in [0.15, 0.2) is 18.2 Å². The van der Waals surface area contributed by atoms with E-state index in [1.165, 1.54) is 6.07 Å². The van der Waals surface area contributed by atoms with Crippen LogP contribution in [0.1, 0.15) is 32.6 Å². The number of hydrogen-bond donors (Lipinski definition) is 1. The fraction of sp³-hybridized carbons (Fsp3) is 0.600. The van der Waals surface area contributed by atoms with Crippen molar-refractivity contribution in [2.24, 2.45) is 11.8 Å². The summed E-state index contributed by atoms with van der Waals surface area (Å²) in [5, 5.41) is 2.65. The molecule has 2 fully saturated rings. The summed E-state index contributed by atoms with van der Waals surface area (Å²) in [6.07, 6.45) is 2.67. The van der Waals surface area contributed by atoms with E-state index in [4.69, 9.17) is 0 Å². The number of nitrogens with one attached hydrogen (secondary N) is 1. The van der Waals surface area contributed by atoms with E-state index in [1.807, 2.05) is 4.90 Å². The molecule has 0 spiro atoms. The van der Waals surface area contributed by atoms with Gasteiger partial charge in [-0.15, -0.1) is 0 Å². The first kappa shape index (κ1) is 19.7. The molecule has 0 radical (unpaired) electrons. The van der Waals surface area contributed by atoms with Crippen LogP contribution in [0.3, 0.4) is 0 Å². The number of amides is 2. The zero-order valence-corrected chi connectivity index (χ0v) is 15.7. The maximum Gasteiger partial charge on any atom is 0.227 e. The topological polar surface area (TPSA) is 52.7 Å². The van der Waals surface area contributed by atoms with Crippen LogP contribution in [0.4, 0.5) is 14.5 Å². The van der Waals surface area contributed by atoms with Crippen LogP contribution in [0.2, 0.25) is 0 Å². The highest BCUT2D eigenvalue weighted by atomic mass is 19.2. The molecule has 27 heavy (non-hydrogen) atoms. The van der Waals surface area contributed by atoms with Crippen molar-refractivity contribution < 1.29 is 18.4 Å². The Hall–Kier alpha value is -2.02. The van der Waals surface area contributed by atoms with Crippen molar-refractivity contribution >= 4 is 17.5 Å². The van der Waals surface area contributed by atoms with Crippen molar-refractivity contribution in [1.29, 1.82) is 0 Å². The summed E-state index contributed by atoms with van der Waals surface area (Å²) in [4.78, 5) is 29.4. The first-order valence-corrected chi connectivity index (χ1v) is 9.75. The van der Waals surface area contributed by atoms with Crippen molar-refractivity contribution in [2.75, 3.05) is 38.0 Å². The van der Waals surface area contributed by atoms with Gasteiger partial charge in [-0.1, -0.05) is 6.92 Å². The Balaban J connectivity index is 1.47. The lowest BCUT2D eigenvalue weighted by molar-refractivity contribution is -0.139. The lowest BCUT2D eigenvalue weighted by Gasteiger charge is -2.37. The summed E-state index contributed by atoms with van der Waals surface area (Å²) in [5.41, 5.74) is 0.255. The molecule has 1 N–H and O–H groups in total. The standard InChI is InChI=1S/C20H27F2N3O2/c1-2-24-9-11-25(12-10-24)20(27)15-5-3-14(4-6-15)19(26)23-16-7-8-17(21)18(22)13-16/h7-8,13-15H,2-6,9-12H2,1H3,(H,23,26). The number of piperazine rings is 1. The number of benzene rings is 1. The SMILES string of the molecule is CCN1CCN(C(=O)C2CCC(C(=O)Nc3ccc(F)c(F)c3)CC2)CC1. The molecule has 2 amide bonds. The van der Waals surface area contributed by atoms with Gasteiger partial charge in [0.05, 0.1) is 0 Å². The molecule has 0 atom stereocenters. The van der Waals surface area contributed by atoms with E-state index < -0.39 is 11.6 Å². The molecule has 1 saturated carbocycles. The Labute approximate surface area is 158 Å². The van der Waals surface area contributed by atoms with Gasteiger partial charge in [-0.25, -0.2) is 8.78 Å². The fourth-order valence-corrected chi connectivity index (χ4v) is 3.96. The molecule has 5 nitrogen and oxygen atoms in total. The van der Waals surface area contributed by atoms with Crippen LogP contribution in [0.5, 0.6) is 0 Å². The molecule has 1 aromatic rings. The summed E-state index contributed by atoms with van der Waals surface area (Å²) in [7, 11) is 0. The van der Waals surface area contributed by atoms with Gasteiger partial charge in [0.25, 0.3) is 0 Å². The molecule has 2 aliphatic rings. The van der Waals surface area contributed by atoms with Crippen molar-refractivity contribution in [3.8, 4) is 0 Å². The third-order valence-corrected chi connectivity index (χ3v) is 5.77. The highest BCUT2D eigenvalue weighted by molar-refractivity contribution is 5.92. The number of carbonyl (C=O) groups is 2. The Morgan fingerprint density at radius 1 is 1.00 bits per heavy atom. The Morgan fingerprint density at radius 2 is 1.63 bits per heavy atom. The van der Waals surface area contributed by atoms with Crippen LogP contribution in [-0.2, 0) is 9.59 Å². The van der Waals surface area contributed by atoms with Gasteiger partial charge in [-0.3, -0.25) is 9.59 Å². The molecule has 0 unspecified atom stereocenters. The average molecular weight is 379 g/mol. The molecule has 1 aliphatic carbocycles. The monoisotopic (exact) mass is 379 g/mol. The molecular formula is C20H27F2N3O2. The maximum atomic E-state index is 13.3. The Kier molecular flexibility index (Phi) is 6.42. The molecule has 1 saturated heterocycles. The number of anilines is 1. The van der Waals surface area contributed by atoms with E-state index in [1.54, 1.807) is 0 Å². The van der Waals surface area contributed by atoms with Gasteiger partial charge in [0.15, 0.2) is 11.6 Å². The van der Waals surface area contributed by atoms with E-state index >= 15 is 0 Å². The molecule has 3 rings (SSSR count). The largest absolute Gasteiger partial charge is 0.340 e. The van der Waals surface area contributed by atoms with Gasteiger partial charge in [-0.05, 0) is 44.4 Å². The van der Waals surface area contributed by atoms with Gasteiger partial charge in [0.2, 0.25) is 11.8 Å². The van der Waals surface area contributed by atoms with Crippen LogP contribution >= 0.6 is 0 Å². The molecule has 0 bridgehead atoms. The van der Waals surface area contributed by atoms with Crippen LogP contribution in [0, 0.1) is 23.5 Å². The van der Waals surface area contributed by atoms with Gasteiger partial charge < -0.3 is 15.1 Å². The van der Waals surface area contributed by atoms with Crippen molar-refractivity contribution in [1.82, 2.24) is 9.80 Å². The molecule has 148 valence electrons. The quantitative estimate of drug-likeness (QED) is 0.875. The maximum absolute atomic E-state index is 13.3. The second-order valence-corrected chi connectivity index (χ2v) is 7.43. The molecule has 1 heterocycles. The number of hydrogen-bond acceptors (Lipinski definition) is 3. The second kappa shape index (κ2) is 8.78. The highest BCUT2D eigenvalue weighted by Crippen LogP contribution is 2.31. The van der Waals surface area contributed by atoms with E-state index in [2.05, 4.69) is 17.1 Å². The summed E-state index contributed by atoms with van der Waals surface area (Å²) < 4.78 is 26.2. The molecule has 0 aromatic heterocycles. The summed E-state index contributed by atoms with van der Waals surface area (Å²) in [5.74, 6) is -2.10. The zero-order chi connectivity index (χ0) is 19.4. The lowest BCUT2D eigenvalue weighted by Crippen LogP contribution is -2.50. The van der Waals surface area contributed by atoms with Gasteiger partial charge in [0, 0.05) is 49.8 Å². The summed E-state index contributed by atoms with van der Waals surface area (Å²) in [6.45, 7) is 6.55. The summed E-state index contributed by atoms with van der Waals surface area (Å²) in [6, 6.07) is 3.33. The molecule has 7 heteroatoms. The Bertz CT molecular complexity index is 682. The first-order chi connectivity index (χ1) is 13.0. The first-order valence-electron chi connectivity index (χ1n) is 9.75. The summed E-state index contributed by atoms with van der Waals surface area (Å²) >= 11 is 0. The number of likely N-dealkylation sites (N-methyl/N-ethyl adjacent to an activating group) is 1. The van der Waals surface area contributed by atoms with Crippen LogP contribution < -0.4 is 5.32 Å². The number of nitrogens with zero attached hydrogens (tertiary/aromatic N) is 2. The average Bonchev–Trinajstić information content (AvgIpc) is 2.70. The van der Waals surface area contributed by atoms with E-state index in [0.29, 0.717) is 25.7 Å². The van der Waals surface area contributed by atoms with E-state index in [-0.39, 0.29) is 29.3 Å². The highest BCUT2D eigenvalue weighted by Gasteiger charge is 2.33. The minimum atomic E-state index is -0.981. The second-order valence-electron chi connectivity index (χ2n) is 7.43. The van der Waals surface area contributed by atoms with Crippen molar-refractivity contribution in [3.63, 3.8) is 0 Å². The minimum absolute atomic E-state index is 0.00880. The van der Waals surface area contributed by atoms with Crippen LogP contribution in [-0.4, -0.2) is 54.3 Å².